The summed E-state index contributed by atoms with van der Waals surface area (Å²) >= 11 is 3.47. The molecule has 102 valence electrons. The van der Waals surface area contributed by atoms with E-state index in [0.717, 1.165) is 21.5 Å². The molecule has 0 radical (unpaired) electrons. The summed E-state index contributed by atoms with van der Waals surface area (Å²) in [6.45, 7) is 1.92. The number of rotatable bonds is 3. The largest absolute Gasteiger partial charge is 0.467 e. The topological polar surface area (TPSA) is 57.0 Å². The fourth-order valence-electron chi connectivity index (χ4n) is 2.25. The summed E-state index contributed by atoms with van der Waals surface area (Å²) in [4.78, 5) is 0. The maximum atomic E-state index is 6.16. The van der Waals surface area contributed by atoms with Crippen LogP contribution in [-0.2, 0) is 0 Å². The summed E-state index contributed by atoms with van der Waals surface area (Å²) in [7, 11) is 0. The van der Waals surface area contributed by atoms with Gasteiger partial charge in [-0.2, -0.15) is 5.10 Å². The number of anilines is 1. The van der Waals surface area contributed by atoms with Crippen LogP contribution in [0.15, 0.2) is 57.6 Å². The van der Waals surface area contributed by atoms with E-state index in [9.17, 15) is 0 Å². The van der Waals surface area contributed by atoms with Crippen LogP contribution in [-0.4, -0.2) is 9.78 Å². The highest BCUT2D eigenvalue weighted by molar-refractivity contribution is 9.10. The molecule has 1 aromatic carbocycles. The zero-order valence-corrected chi connectivity index (χ0v) is 12.5. The Labute approximate surface area is 125 Å². The molecule has 2 N–H and O–H groups in total. The van der Waals surface area contributed by atoms with Gasteiger partial charge in [0.2, 0.25) is 0 Å². The zero-order chi connectivity index (χ0) is 14.1. The molecule has 0 amide bonds. The molecule has 5 heteroatoms. The summed E-state index contributed by atoms with van der Waals surface area (Å²) in [5.41, 5.74) is 8.09. The number of nitrogens with zero attached hydrogens (tertiary/aromatic N) is 2. The fourth-order valence-corrected chi connectivity index (χ4v) is 2.51. The van der Waals surface area contributed by atoms with Crippen molar-refractivity contribution in [2.24, 2.45) is 0 Å². The van der Waals surface area contributed by atoms with Crippen LogP contribution in [0.2, 0.25) is 0 Å². The van der Waals surface area contributed by atoms with Gasteiger partial charge in [0.25, 0.3) is 0 Å². The van der Waals surface area contributed by atoms with Crippen molar-refractivity contribution in [2.45, 2.75) is 13.0 Å². The Bertz CT molecular complexity index is 704. The first-order valence-electron chi connectivity index (χ1n) is 6.27. The highest BCUT2D eigenvalue weighted by Gasteiger charge is 2.24. The normalized spacial score (nSPS) is 12.5. The van der Waals surface area contributed by atoms with E-state index in [2.05, 4.69) is 21.0 Å². The number of nitrogens with two attached hydrogens (primary N) is 1. The van der Waals surface area contributed by atoms with Crippen LogP contribution in [0.5, 0.6) is 0 Å². The lowest BCUT2D eigenvalue weighted by Crippen LogP contribution is -2.15. The Balaban J connectivity index is 2.18. The van der Waals surface area contributed by atoms with Crippen LogP contribution in [0.1, 0.15) is 23.1 Å². The molecule has 2 heterocycles. The molecule has 0 saturated heterocycles. The highest BCUT2D eigenvalue weighted by atomic mass is 79.9. The molecule has 0 saturated carbocycles. The van der Waals surface area contributed by atoms with Gasteiger partial charge in [-0.05, 0) is 40.5 Å². The second kappa shape index (κ2) is 5.17. The summed E-state index contributed by atoms with van der Waals surface area (Å²) in [6, 6.07) is 13.7. The SMILES string of the molecule is Cc1nn(C(c2ccccc2)c2ccco2)c(N)c1Br. The van der Waals surface area contributed by atoms with Crippen molar-refractivity contribution in [2.75, 3.05) is 5.73 Å². The highest BCUT2D eigenvalue weighted by Crippen LogP contribution is 2.33. The minimum atomic E-state index is -0.170. The van der Waals surface area contributed by atoms with E-state index in [1.54, 1.807) is 10.9 Å². The van der Waals surface area contributed by atoms with Gasteiger partial charge in [-0.1, -0.05) is 30.3 Å². The number of halogens is 1. The smallest absolute Gasteiger partial charge is 0.137 e. The zero-order valence-electron chi connectivity index (χ0n) is 11.0. The Morgan fingerprint density at radius 3 is 2.50 bits per heavy atom. The van der Waals surface area contributed by atoms with Crippen LogP contribution in [0, 0.1) is 6.92 Å². The van der Waals surface area contributed by atoms with E-state index in [1.165, 1.54) is 0 Å². The van der Waals surface area contributed by atoms with Gasteiger partial charge in [0, 0.05) is 0 Å². The second-order valence-electron chi connectivity index (χ2n) is 4.56. The molecule has 0 aliphatic carbocycles. The van der Waals surface area contributed by atoms with E-state index >= 15 is 0 Å². The number of nitrogen functional groups attached to an aromatic ring is 1. The summed E-state index contributed by atoms with van der Waals surface area (Å²) in [5, 5.41) is 4.53. The predicted octanol–water partition coefficient (Wildman–Crippen LogP) is 3.77. The molecule has 0 aliphatic heterocycles. The first kappa shape index (κ1) is 13.0. The molecule has 0 fully saturated rings. The molecule has 0 spiro atoms. The van der Waals surface area contributed by atoms with Gasteiger partial charge in [0.15, 0.2) is 0 Å². The van der Waals surface area contributed by atoms with Gasteiger partial charge in [-0.3, -0.25) is 0 Å². The molecule has 2 aromatic heterocycles. The van der Waals surface area contributed by atoms with Gasteiger partial charge >= 0.3 is 0 Å². The Kier molecular flexibility index (Phi) is 3.36. The van der Waals surface area contributed by atoms with E-state index in [0.29, 0.717) is 5.82 Å². The number of furan rings is 1. The van der Waals surface area contributed by atoms with Crippen molar-refractivity contribution in [1.82, 2.24) is 9.78 Å². The van der Waals surface area contributed by atoms with E-state index in [-0.39, 0.29) is 6.04 Å². The standard InChI is InChI=1S/C15H14BrN3O/c1-10-13(16)15(17)19(18-10)14(12-8-5-9-20-12)11-6-3-2-4-7-11/h2-9,14H,17H2,1H3. The van der Waals surface area contributed by atoms with Crippen molar-refractivity contribution < 1.29 is 4.42 Å². The van der Waals surface area contributed by atoms with Crippen molar-refractivity contribution in [3.05, 3.63) is 70.2 Å². The van der Waals surface area contributed by atoms with Gasteiger partial charge in [-0.15, -0.1) is 0 Å². The molecule has 1 atom stereocenters. The van der Waals surface area contributed by atoms with Crippen molar-refractivity contribution in [3.8, 4) is 0 Å². The molecule has 3 aromatic rings. The summed E-state index contributed by atoms with van der Waals surface area (Å²) in [6.07, 6.45) is 1.66. The van der Waals surface area contributed by atoms with E-state index in [1.807, 2.05) is 49.4 Å². The minimum absolute atomic E-state index is 0.170. The quantitative estimate of drug-likeness (QED) is 0.794. The lowest BCUT2D eigenvalue weighted by atomic mass is 10.0. The van der Waals surface area contributed by atoms with Crippen LogP contribution < -0.4 is 5.73 Å². The predicted molar refractivity (Wildman–Crippen MR) is 81.5 cm³/mol. The molecule has 20 heavy (non-hydrogen) atoms. The van der Waals surface area contributed by atoms with Crippen molar-refractivity contribution >= 4 is 21.7 Å². The summed E-state index contributed by atoms with van der Waals surface area (Å²) in [5.74, 6) is 1.39. The monoisotopic (exact) mass is 331 g/mol. The van der Waals surface area contributed by atoms with Crippen LogP contribution >= 0.6 is 15.9 Å². The molecular weight excluding hydrogens is 318 g/mol. The number of hydrogen-bond acceptors (Lipinski definition) is 3. The molecule has 0 aliphatic rings. The van der Waals surface area contributed by atoms with Crippen LogP contribution in [0.4, 0.5) is 5.82 Å². The number of hydrogen-bond donors (Lipinski definition) is 1. The summed E-state index contributed by atoms with van der Waals surface area (Å²) < 4.78 is 8.19. The van der Waals surface area contributed by atoms with Gasteiger partial charge in [-0.25, -0.2) is 4.68 Å². The molecule has 0 bridgehead atoms. The Hall–Kier alpha value is -2.01. The Morgan fingerprint density at radius 2 is 1.95 bits per heavy atom. The van der Waals surface area contributed by atoms with E-state index in [4.69, 9.17) is 10.2 Å². The van der Waals surface area contributed by atoms with Crippen molar-refractivity contribution in [3.63, 3.8) is 0 Å². The average Bonchev–Trinajstić information content (AvgIpc) is 3.07. The Morgan fingerprint density at radius 1 is 1.20 bits per heavy atom. The van der Waals surface area contributed by atoms with Gasteiger partial charge < -0.3 is 10.2 Å². The van der Waals surface area contributed by atoms with Crippen molar-refractivity contribution in [1.29, 1.82) is 0 Å². The molecule has 1 unspecified atom stereocenters. The average molecular weight is 332 g/mol. The minimum Gasteiger partial charge on any atom is -0.467 e. The van der Waals surface area contributed by atoms with Gasteiger partial charge in [0.1, 0.15) is 17.6 Å². The molecule has 3 rings (SSSR count). The first-order valence-corrected chi connectivity index (χ1v) is 7.06. The lowest BCUT2D eigenvalue weighted by molar-refractivity contribution is 0.443. The number of aromatic nitrogens is 2. The van der Waals surface area contributed by atoms with Crippen LogP contribution in [0.3, 0.4) is 0 Å². The maximum absolute atomic E-state index is 6.16. The molecule has 4 nitrogen and oxygen atoms in total. The maximum Gasteiger partial charge on any atom is 0.137 e. The van der Waals surface area contributed by atoms with E-state index < -0.39 is 0 Å². The second-order valence-corrected chi connectivity index (χ2v) is 5.35. The van der Waals surface area contributed by atoms with Crippen LogP contribution in [0.25, 0.3) is 0 Å². The third-order valence-electron chi connectivity index (χ3n) is 3.22. The number of aryl methyl sites for hydroxylation is 1. The lowest BCUT2D eigenvalue weighted by Gasteiger charge is -2.17. The first-order chi connectivity index (χ1) is 9.68. The molecular formula is C15H14BrN3O. The van der Waals surface area contributed by atoms with Gasteiger partial charge in [0.05, 0.1) is 16.4 Å². The fraction of sp³-hybridized carbons (Fsp3) is 0.133. The third kappa shape index (κ3) is 2.14. The number of benzene rings is 1. The third-order valence-corrected chi connectivity index (χ3v) is 4.20.